The Morgan fingerprint density at radius 2 is 1.64 bits per heavy atom. The van der Waals surface area contributed by atoms with E-state index in [0.29, 0.717) is 17.1 Å². The Hall–Kier alpha value is -3.28. The predicted octanol–water partition coefficient (Wildman–Crippen LogP) is 5.21. The van der Waals surface area contributed by atoms with Gasteiger partial charge in [-0.2, -0.15) is 0 Å². The summed E-state index contributed by atoms with van der Waals surface area (Å²) in [5, 5.41) is 11.1. The molecule has 3 rings (SSSR count). The number of nitrogens with zero attached hydrogens (tertiary/aromatic N) is 2. The number of pyridine rings is 1. The van der Waals surface area contributed by atoms with Gasteiger partial charge in [-0.3, -0.25) is 15.1 Å². The number of aryl methyl sites for hydroxylation is 2. The summed E-state index contributed by atoms with van der Waals surface area (Å²) in [6, 6.07) is 13.7. The molecule has 0 N–H and O–H groups in total. The smallest absolute Gasteiger partial charge is 0.270 e. The van der Waals surface area contributed by atoms with Gasteiger partial charge in [0.1, 0.15) is 17.3 Å². The summed E-state index contributed by atoms with van der Waals surface area (Å²) in [6.07, 6.45) is 0. The number of nitro benzene ring substituents is 1. The number of rotatable bonds is 4. The van der Waals surface area contributed by atoms with E-state index >= 15 is 0 Å². The normalized spacial score (nSPS) is 10.5. The third kappa shape index (κ3) is 3.80. The molecule has 0 aliphatic heterocycles. The Kier molecular flexibility index (Phi) is 4.43. The first-order valence-corrected chi connectivity index (χ1v) is 7.60. The van der Waals surface area contributed by atoms with Crippen LogP contribution in [0.15, 0.2) is 54.6 Å². The second-order valence-corrected chi connectivity index (χ2v) is 5.63. The van der Waals surface area contributed by atoms with Gasteiger partial charge >= 0.3 is 0 Å². The zero-order valence-corrected chi connectivity index (χ0v) is 13.7. The molecular weight excluding hydrogens is 323 g/mol. The largest absolute Gasteiger partial charge is 0.457 e. The van der Waals surface area contributed by atoms with E-state index in [9.17, 15) is 14.5 Å². The molecule has 0 saturated heterocycles. The van der Waals surface area contributed by atoms with E-state index in [4.69, 9.17) is 4.74 Å². The van der Waals surface area contributed by atoms with Gasteiger partial charge < -0.3 is 4.74 Å². The average molecular weight is 338 g/mol. The minimum atomic E-state index is -0.452. The maximum absolute atomic E-state index is 13.1. The quantitative estimate of drug-likeness (QED) is 0.484. The molecule has 0 atom stereocenters. The van der Waals surface area contributed by atoms with Crippen LogP contribution in [0.25, 0.3) is 11.1 Å². The molecule has 25 heavy (non-hydrogen) atoms. The van der Waals surface area contributed by atoms with Gasteiger partial charge in [0.2, 0.25) is 0 Å². The van der Waals surface area contributed by atoms with E-state index in [1.54, 1.807) is 6.07 Å². The summed E-state index contributed by atoms with van der Waals surface area (Å²) < 4.78 is 18.9. The third-order valence-corrected chi connectivity index (χ3v) is 3.61. The predicted molar refractivity (Wildman–Crippen MR) is 92.3 cm³/mol. The zero-order chi connectivity index (χ0) is 18.0. The van der Waals surface area contributed by atoms with Crippen LogP contribution in [0.4, 0.5) is 10.1 Å². The molecule has 6 heteroatoms. The van der Waals surface area contributed by atoms with Crippen molar-refractivity contribution in [3.8, 4) is 22.6 Å². The highest BCUT2D eigenvalue weighted by atomic mass is 19.1. The van der Waals surface area contributed by atoms with Crippen LogP contribution in [0.1, 0.15) is 11.4 Å². The second-order valence-electron chi connectivity index (χ2n) is 5.63. The molecule has 0 bridgehead atoms. The van der Waals surface area contributed by atoms with Crippen LogP contribution in [-0.4, -0.2) is 9.91 Å². The van der Waals surface area contributed by atoms with Crippen LogP contribution in [0.2, 0.25) is 0 Å². The highest BCUT2D eigenvalue weighted by Crippen LogP contribution is 2.36. The summed E-state index contributed by atoms with van der Waals surface area (Å²) in [4.78, 5) is 15.0. The molecule has 1 aromatic heterocycles. The number of benzene rings is 2. The molecule has 0 aliphatic carbocycles. The summed E-state index contributed by atoms with van der Waals surface area (Å²) >= 11 is 0. The molecular formula is C19H15FN2O3. The average Bonchev–Trinajstić information content (AvgIpc) is 2.56. The molecule has 0 aliphatic rings. The number of hydrogen-bond donors (Lipinski definition) is 0. The fourth-order valence-electron chi connectivity index (χ4n) is 2.57. The number of hydrogen-bond acceptors (Lipinski definition) is 4. The molecule has 2 aromatic carbocycles. The Morgan fingerprint density at radius 3 is 2.24 bits per heavy atom. The minimum Gasteiger partial charge on any atom is -0.457 e. The van der Waals surface area contributed by atoms with Crippen LogP contribution in [0, 0.1) is 29.8 Å². The van der Waals surface area contributed by atoms with Gasteiger partial charge in [0.05, 0.1) is 4.92 Å². The molecule has 1 heterocycles. The maximum atomic E-state index is 13.1. The van der Waals surface area contributed by atoms with Crippen LogP contribution in [0.3, 0.4) is 0 Å². The standard InChI is InChI=1S/C19H15FN2O3/c1-12-9-14(10-13(2)21-12)18-11-16(22(23)24)5-8-19(18)25-17-6-3-15(20)4-7-17/h3-11H,1-2H3. The van der Waals surface area contributed by atoms with Gasteiger partial charge in [0.25, 0.3) is 5.69 Å². The molecule has 0 fully saturated rings. The summed E-state index contributed by atoms with van der Waals surface area (Å²) in [6.45, 7) is 3.71. The fraction of sp³-hybridized carbons (Fsp3) is 0.105. The summed E-state index contributed by atoms with van der Waals surface area (Å²) in [5.74, 6) is 0.526. The lowest BCUT2D eigenvalue weighted by Crippen LogP contribution is -1.94. The van der Waals surface area contributed by atoms with Crippen LogP contribution < -0.4 is 4.74 Å². The van der Waals surface area contributed by atoms with Crippen molar-refractivity contribution in [1.82, 2.24) is 4.98 Å². The summed E-state index contributed by atoms with van der Waals surface area (Å²) in [7, 11) is 0. The van der Waals surface area contributed by atoms with Crippen molar-refractivity contribution in [2.24, 2.45) is 0 Å². The van der Waals surface area contributed by atoms with E-state index in [0.717, 1.165) is 17.0 Å². The maximum Gasteiger partial charge on any atom is 0.270 e. The van der Waals surface area contributed by atoms with Gasteiger partial charge in [0, 0.05) is 29.1 Å². The molecule has 5 nitrogen and oxygen atoms in total. The van der Waals surface area contributed by atoms with Crippen LogP contribution >= 0.6 is 0 Å². The van der Waals surface area contributed by atoms with Gasteiger partial charge in [-0.05, 0) is 61.9 Å². The lowest BCUT2D eigenvalue weighted by molar-refractivity contribution is -0.384. The van der Waals surface area contributed by atoms with E-state index in [1.165, 1.54) is 36.4 Å². The Balaban J connectivity index is 2.10. The molecule has 0 saturated carbocycles. The van der Waals surface area contributed by atoms with E-state index in [-0.39, 0.29) is 11.5 Å². The van der Waals surface area contributed by atoms with Crippen molar-refractivity contribution in [2.45, 2.75) is 13.8 Å². The first-order chi connectivity index (χ1) is 11.9. The van der Waals surface area contributed by atoms with Gasteiger partial charge in [0.15, 0.2) is 0 Å². The molecule has 0 spiro atoms. The highest BCUT2D eigenvalue weighted by Gasteiger charge is 2.15. The molecule has 0 unspecified atom stereocenters. The Morgan fingerprint density at radius 1 is 1.00 bits per heavy atom. The fourth-order valence-corrected chi connectivity index (χ4v) is 2.57. The number of nitro groups is 1. The third-order valence-electron chi connectivity index (χ3n) is 3.61. The van der Waals surface area contributed by atoms with Crippen molar-refractivity contribution in [1.29, 1.82) is 0 Å². The monoisotopic (exact) mass is 338 g/mol. The lowest BCUT2D eigenvalue weighted by Gasteiger charge is -2.12. The number of non-ortho nitro benzene ring substituents is 1. The minimum absolute atomic E-state index is 0.0337. The summed E-state index contributed by atoms with van der Waals surface area (Å²) in [5.41, 5.74) is 2.91. The first kappa shape index (κ1) is 16.6. The van der Waals surface area contributed by atoms with E-state index < -0.39 is 4.92 Å². The highest BCUT2D eigenvalue weighted by molar-refractivity contribution is 5.74. The van der Waals surface area contributed by atoms with E-state index in [1.807, 2.05) is 26.0 Å². The van der Waals surface area contributed by atoms with Gasteiger partial charge in [-0.1, -0.05) is 0 Å². The van der Waals surface area contributed by atoms with Gasteiger partial charge in [-0.15, -0.1) is 0 Å². The number of halogens is 1. The van der Waals surface area contributed by atoms with Crippen molar-refractivity contribution >= 4 is 5.69 Å². The van der Waals surface area contributed by atoms with Crippen molar-refractivity contribution in [3.05, 3.63) is 81.9 Å². The van der Waals surface area contributed by atoms with Crippen LogP contribution in [0.5, 0.6) is 11.5 Å². The first-order valence-electron chi connectivity index (χ1n) is 7.60. The number of aromatic nitrogens is 1. The molecule has 3 aromatic rings. The van der Waals surface area contributed by atoms with Crippen molar-refractivity contribution in [2.75, 3.05) is 0 Å². The lowest BCUT2D eigenvalue weighted by atomic mass is 10.0. The number of ether oxygens (including phenoxy) is 1. The zero-order valence-electron chi connectivity index (χ0n) is 13.7. The molecule has 0 radical (unpaired) electrons. The van der Waals surface area contributed by atoms with Crippen LogP contribution in [-0.2, 0) is 0 Å². The van der Waals surface area contributed by atoms with Crippen molar-refractivity contribution in [3.63, 3.8) is 0 Å². The van der Waals surface area contributed by atoms with Crippen molar-refractivity contribution < 1.29 is 14.1 Å². The second kappa shape index (κ2) is 6.68. The van der Waals surface area contributed by atoms with Gasteiger partial charge in [-0.25, -0.2) is 4.39 Å². The SMILES string of the molecule is Cc1cc(-c2cc([N+](=O)[O-])ccc2Oc2ccc(F)cc2)cc(C)n1. The molecule has 0 amide bonds. The Bertz CT molecular complexity index is 920. The topological polar surface area (TPSA) is 65.3 Å². The van der Waals surface area contributed by atoms with E-state index in [2.05, 4.69) is 4.98 Å². The molecule has 126 valence electrons. The Labute approximate surface area is 143 Å².